The van der Waals surface area contributed by atoms with Crippen LogP contribution in [-0.4, -0.2) is 38.7 Å². The van der Waals surface area contributed by atoms with E-state index in [1.807, 2.05) is 36.4 Å². The van der Waals surface area contributed by atoms with Crippen molar-refractivity contribution in [3.63, 3.8) is 0 Å². The minimum atomic E-state index is -1.66. The lowest BCUT2D eigenvalue weighted by Gasteiger charge is -2.30. The van der Waals surface area contributed by atoms with Gasteiger partial charge in [0.2, 0.25) is 6.79 Å². The fraction of sp³-hybridized carbons (Fsp3) is 0.321. The zero-order chi connectivity index (χ0) is 25.5. The minimum absolute atomic E-state index is 0.0693. The van der Waals surface area contributed by atoms with Crippen LogP contribution in [0, 0.1) is 0 Å². The smallest absolute Gasteiger partial charge is 0.309 e. The predicted molar refractivity (Wildman–Crippen MR) is 132 cm³/mol. The van der Waals surface area contributed by atoms with Crippen LogP contribution in [0.3, 0.4) is 0 Å². The molecular weight excluding hydrogens is 464 g/mol. The molecule has 1 heterocycles. The van der Waals surface area contributed by atoms with Crippen LogP contribution >= 0.6 is 0 Å². The molecule has 8 nitrogen and oxygen atoms in total. The molecule has 1 unspecified atom stereocenters. The summed E-state index contributed by atoms with van der Waals surface area (Å²) in [4.78, 5) is 12.5. The second-order valence-electron chi connectivity index (χ2n) is 8.36. The standard InChI is InChI=1S/C28H30O8/c1-4-33-27(29)16-28(30,21-13-25-26(36-18-35-25)14-23(21)31-2)15-20-10-11-22(24(12-20)32-3)34-17-19-8-6-5-7-9-19/h5-14,30H,4,15-18H2,1-3H3. The van der Waals surface area contributed by atoms with Crippen molar-refractivity contribution < 1.29 is 38.3 Å². The first kappa shape index (κ1) is 25.2. The van der Waals surface area contributed by atoms with Crippen LogP contribution in [0.1, 0.15) is 30.0 Å². The van der Waals surface area contributed by atoms with Crippen molar-refractivity contribution in [2.45, 2.75) is 32.0 Å². The molecule has 0 fully saturated rings. The van der Waals surface area contributed by atoms with Crippen molar-refractivity contribution in [2.24, 2.45) is 0 Å². The maximum Gasteiger partial charge on any atom is 0.309 e. The van der Waals surface area contributed by atoms with E-state index < -0.39 is 11.6 Å². The second kappa shape index (κ2) is 11.2. The number of esters is 1. The Bertz CT molecular complexity index is 1190. The fourth-order valence-electron chi connectivity index (χ4n) is 4.17. The highest BCUT2D eigenvalue weighted by molar-refractivity contribution is 5.72. The van der Waals surface area contributed by atoms with E-state index in [0.29, 0.717) is 40.9 Å². The van der Waals surface area contributed by atoms with Gasteiger partial charge in [0.1, 0.15) is 18.0 Å². The first-order chi connectivity index (χ1) is 17.5. The van der Waals surface area contributed by atoms with Gasteiger partial charge in [0.05, 0.1) is 27.2 Å². The van der Waals surface area contributed by atoms with Gasteiger partial charge < -0.3 is 33.5 Å². The zero-order valence-electron chi connectivity index (χ0n) is 20.6. The molecule has 0 spiro atoms. The topological polar surface area (TPSA) is 92.7 Å². The van der Waals surface area contributed by atoms with Crippen molar-refractivity contribution in [3.8, 4) is 28.7 Å². The Balaban J connectivity index is 1.64. The summed E-state index contributed by atoms with van der Waals surface area (Å²) in [7, 11) is 3.05. The van der Waals surface area contributed by atoms with Crippen LogP contribution < -0.4 is 23.7 Å². The van der Waals surface area contributed by atoms with Gasteiger partial charge in [0.25, 0.3) is 0 Å². The molecule has 0 radical (unpaired) electrons. The Morgan fingerprint density at radius 3 is 2.33 bits per heavy atom. The van der Waals surface area contributed by atoms with Gasteiger partial charge in [-0.2, -0.15) is 0 Å². The molecule has 0 saturated carbocycles. The number of ether oxygens (including phenoxy) is 6. The van der Waals surface area contributed by atoms with Crippen LogP contribution in [0.5, 0.6) is 28.7 Å². The summed E-state index contributed by atoms with van der Waals surface area (Å²) < 4.78 is 33.2. The molecule has 0 aliphatic carbocycles. The maximum absolute atomic E-state index is 12.5. The number of carbonyl (C=O) groups excluding carboxylic acids is 1. The average Bonchev–Trinajstić information content (AvgIpc) is 3.35. The van der Waals surface area contributed by atoms with Crippen LogP contribution in [-0.2, 0) is 28.2 Å². The quantitative estimate of drug-likeness (QED) is 0.392. The number of methoxy groups -OCH3 is 2. The number of hydrogen-bond acceptors (Lipinski definition) is 8. The molecule has 1 atom stereocenters. The molecule has 8 heteroatoms. The number of carbonyl (C=O) groups is 1. The SMILES string of the molecule is CCOC(=O)CC(O)(Cc1ccc(OCc2ccccc2)c(OC)c1)c1cc2c(cc1OC)OCO2. The zero-order valence-corrected chi connectivity index (χ0v) is 20.6. The lowest BCUT2D eigenvalue weighted by atomic mass is 9.83. The number of rotatable bonds is 11. The molecule has 1 aliphatic rings. The van der Waals surface area contributed by atoms with E-state index in [0.717, 1.165) is 11.1 Å². The van der Waals surface area contributed by atoms with Gasteiger partial charge >= 0.3 is 5.97 Å². The van der Waals surface area contributed by atoms with Crippen molar-refractivity contribution in [3.05, 3.63) is 77.4 Å². The van der Waals surface area contributed by atoms with E-state index in [1.54, 1.807) is 38.3 Å². The summed E-state index contributed by atoms with van der Waals surface area (Å²) in [5, 5.41) is 11.9. The fourth-order valence-corrected chi connectivity index (χ4v) is 4.17. The molecule has 0 amide bonds. The first-order valence-corrected chi connectivity index (χ1v) is 11.7. The highest BCUT2D eigenvalue weighted by Crippen LogP contribution is 2.45. The van der Waals surface area contributed by atoms with Crippen LogP contribution in [0.25, 0.3) is 0 Å². The number of benzene rings is 3. The van der Waals surface area contributed by atoms with Gasteiger partial charge in [0, 0.05) is 18.1 Å². The highest BCUT2D eigenvalue weighted by atomic mass is 16.7. The minimum Gasteiger partial charge on any atom is -0.496 e. The molecule has 1 aliphatic heterocycles. The van der Waals surface area contributed by atoms with Gasteiger partial charge in [0.15, 0.2) is 23.0 Å². The molecule has 3 aromatic carbocycles. The Morgan fingerprint density at radius 1 is 0.917 bits per heavy atom. The van der Waals surface area contributed by atoms with E-state index in [1.165, 1.54) is 7.11 Å². The number of hydrogen-bond donors (Lipinski definition) is 1. The maximum atomic E-state index is 12.5. The van der Waals surface area contributed by atoms with Crippen molar-refractivity contribution in [1.82, 2.24) is 0 Å². The van der Waals surface area contributed by atoms with Crippen LogP contribution in [0.2, 0.25) is 0 Å². The Labute approximate surface area is 210 Å². The van der Waals surface area contributed by atoms with Crippen LogP contribution in [0.15, 0.2) is 60.7 Å². The molecule has 190 valence electrons. The third-order valence-corrected chi connectivity index (χ3v) is 5.90. The molecule has 0 bridgehead atoms. The molecule has 0 saturated heterocycles. The van der Waals surface area contributed by atoms with E-state index in [9.17, 15) is 9.90 Å². The van der Waals surface area contributed by atoms with Gasteiger partial charge in [-0.3, -0.25) is 4.79 Å². The normalized spacial score (nSPS) is 13.6. The van der Waals surface area contributed by atoms with E-state index >= 15 is 0 Å². The first-order valence-electron chi connectivity index (χ1n) is 11.7. The molecule has 0 aromatic heterocycles. The van der Waals surface area contributed by atoms with E-state index in [2.05, 4.69) is 0 Å². The highest BCUT2D eigenvalue weighted by Gasteiger charge is 2.38. The van der Waals surface area contributed by atoms with Crippen molar-refractivity contribution >= 4 is 5.97 Å². The Morgan fingerprint density at radius 2 is 1.64 bits per heavy atom. The number of fused-ring (bicyclic) bond motifs is 1. The summed E-state index contributed by atoms with van der Waals surface area (Å²) in [6.07, 6.45) is -0.206. The number of aliphatic hydroxyl groups is 1. The third-order valence-electron chi connectivity index (χ3n) is 5.90. The third kappa shape index (κ3) is 5.66. The summed E-state index contributed by atoms with van der Waals surface area (Å²) in [5.74, 6) is 1.90. The van der Waals surface area contributed by atoms with Crippen molar-refractivity contribution in [1.29, 1.82) is 0 Å². The molecule has 1 N–H and O–H groups in total. The van der Waals surface area contributed by atoms with E-state index in [4.69, 9.17) is 28.4 Å². The van der Waals surface area contributed by atoms with E-state index in [-0.39, 0.29) is 26.2 Å². The summed E-state index contributed by atoms with van der Waals surface area (Å²) in [5.41, 5.74) is 0.495. The molecular formula is C28H30O8. The lowest BCUT2D eigenvalue weighted by Crippen LogP contribution is -2.33. The molecule has 36 heavy (non-hydrogen) atoms. The second-order valence-corrected chi connectivity index (χ2v) is 8.36. The Hall–Kier alpha value is -3.91. The average molecular weight is 495 g/mol. The van der Waals surface area contributed by atoms with Crippen molar-refractivity contribution in [2.75, 3.05) is 27.6 Å². The monoisotopic (exact) mass is 494 g/mol. The van der Waals surface area contributed by atoms with Gasteiger partial charge in [-0.05, 0) is 36.2 Å². The Kier molecular flexibility index (Phi) is 7.85. The predicted octanol–water partition coefficient (Wildman–Crippen LogP) is 4.40. The summed E-state index contributed by atoms with van der Waals surface area (Å²) in [6, 6.07) is 18.5. The van der Waals surface area contributed by atoms with Gasteiger partial charge in [-0.1, -0.05) is 36.4 Å². The lowest BCUT2D eigenvalue weighted by molar-refractivity contribution is -0.149. The molecule has 4 rings (SSSR count). The van der Waals surface area contributed by atoms with Gasteiger partial charge in [-0.25, -0.2) is 0 Å². The molecule has 3 aromatic rings. The summed E-state index contributed by atoms with van der Waals surface area (Å²) >= 11 is 0. The largest absolute Gasteiger partial charge is 0.496 e. The van der Waals surface area contributed by atoms with Gasteiger partial charge in [-0.15, -0.1) is 0 Å². The summed E-state index contributed by atoms with van der Waals surface area (Å²) in [6.45, 7) is 2.38. The van der Waals surface area contributed by atoms with Crippen LogP contribution in [0.4, 0.5) is 0 Å².